The van der Waals surface area contributed by atoms with Crippen LogP contribution >= 0.6 is 12.4 Å². The van der Waals surface area contributed by atoms with Gasteiger partial charge in [0.25, 0.3) is 5.56 Å². The highest BCUT2D eigenvalue weighted by Gasteiger charge is 2.46. The summed E-state index contributed by atoms with van der Waals surface area (Å²) < 4.78 is 14.7. The van der Waals surface area contributed by atoms with Crippen LogP contribution in [0.1, 0.15) is 68.6 Å². The minimum absolute atomic E-state index is 0. The molecule has 0 atom stereocenters. The third kappa shape index (κ3) is 6.85. The van der Waals surface area contributed by atoms with Gasteiger partial charge >= 0.3 is 11.7 Å². The molecule has 0 amide bonds. The molecule has 0 unspecified atom stereocenters. The smallest absolute Gasteiger partial charge is 0.332 e. The Bertz CT molecular complexity index is 1670. The Morgan fingerprint density at radius 1 is 0.826 bits per heavy atom. The first-order valence-electron chi connectivity index (χ1n) is 16.3. The van der Waals surface area contributed by atoms with Gasteiger partial charge in [-0.15, -0.1) is 12.4 Å². The summed E-state index contributed by atoms with van der Waals surface area (Å²) in [7, 11) is 1.33. The summed E-state index contributed by atoms with van der Waals surface area (Å²) in [5, 5.41) is 0.457. The van der Waals surface area contributed by atoms with Gasteiger partial charge in [-0.2, -0.15) is 0 Å². The van der Waals surface area contributed by atoms with Crippen LogP contribution in [0, 0.1) is 0 Å². The van der Waals surface area contributed by atoms with E-state index >= 15 is 0 Å². The predicted octanol–water partition coefficient (Wildman–Crippen LogP) is 6.08. The van der Waals surface area contributed by atoms with Crippen molar-refractivity contribution in [2.45, 2.75) is 75.7 Å². The highest BCUT2D eigenvalue weighted by atomic mass is 35.5. The number of fused-ring (bicyclic) bond motifs is 1. The Hall–Kier alpha value is -3.72. The van der Waals surface area contributed by atoms with Crippen molar-refractivity contribution in [2.24, 2.45) is 0 Å². The molecule has 46 heavy (non-hydrogen) atoms. The number of hydrogen-bond donors (Lipinski definition) is 0. The van der Waals surface area contributed by atoms with Crippen molar-refractivity contribution in [3.63, 3.8) is 0 Å². The van der Waals surface area contributed by atoms with Gasteiger partial charge in [-0.1, -0.05) is 85.6 Å². The summed E-state index contributed by atoms with van der Waals surface area (Å²) in [6.45, 7) is 3.35. The van der Waals surface area contributed by atoms with E-state index in [4.69, 9.17) is 9.47 Å². The van der Waals surface area contributed by atoms with Gasteiger partial charge in [0.05, 0.1) is 24.1 Å². The number of aryl methyl sites for hydroxylation is 1. The fourth-order valence-corrected chi connectivity index (χ4v) is 7.26. The normalized spacial score (nSPS) is 16.8. The van der Waals surface area contributed by atoms with Gasteiger partial charge < -0.3 is 14.4 Å². The maximum absolute atomic E-state index is 13.9. The lowest BCUT2D eigenvalue weighted by molar-refractivity contribution is -0.151. The lowest BCUT2D eigenvalue weighted by Crippen LogP contribution is -2.54. The molecule has 1 saturated heterocycles. The molecular formula is C37H44ClN3O5. The minimum atomic E-state index is -1.23. The Kier molecular flexibility index (Phi) is 11.1. The molecule has 2 heterocycles. The summed E-state index contributed by atoms with van der Waals surface area (Å²) in [6, 6.07) is 28.1. The maximum atomic E-state index is 13.9. The van der Waals surface area contributed by atoms with Gasteiger partial charge in [0.2, 0.25) is 0 Å². The van der Waals surface area contributed by atoms with E-state index in [2.05, 4.69) is 53.4 Å². The van der Waals surface area contributed by atoms with Crippen LogP contribution in [0.4, 0.5) is 0 Å². The third-order valence-corrected chi connectivity index (χ3v) is 9.65. The number of benzene rings is 3. The van der Waals surface area contributed by atoms with Crippen molar-refractivity contribution in [2.75, 3.05) is 26.7 Å². The molecule has 0 spiro atoms. The van der Waals surface area contributed by atoms with Crippen molar-refractivity contribution >= 4 is 29.3 Å². The van der Waals surface area contributed by atoms with Crippen LogP contribution in [0.5, 0.6) is 0 Å². The van der Waals surface area contributed by atoms with E-state index < -0.39 is 22.8 Å². The number of unbranched alkanes of at least 4 members (excludes halogenated alkanes) is 1. The Morgan fingerprint density at radius 2 is 1.39 bits per heavy atom. The first kappa shape index (κ1) is 33.6. The second kappa shape index (κ2) is 15.2. The van der Waals surface area contributed by atoms with Crippen LogP contribution in [0.15, 0.2) is 94.5 Å². The first-order valence-corrected chi connectivity index (χ1v) is 16.3. The second-order valence-corrected chi connectivity index (χ2v) is 12.4. The fraction of sp³-hybridized carbons (Fsp3) is 0.432. The van der Waals surface area contributed by atoms with Crippen LogP contribution in [0.3, 0.4) is 0 Å². The standard InChI is InChI=1S/C37H43N3O5.ClH/c1-44-35(42)37(22-10-11-23-37)40-34(41)31-18-8-9-19-32(31)39(36(40)43)25-13-12-24-38-26-20-30(21-27-38)45-33(28-14-4-2-5-15-28)29-16-6-3-7-17-29;/h2-9,14-19,30,33H,10-13,20-27H2,1H3;1H. The molecule has 1 aliphatic heterocycles. The lowest BCUT2D eigenvalue weighted by Gasteiger charge is -2.34. The SMILES string of the molecule is COC(=O)C1(n2c(=O)c3ccccc3n(CCCCN3CCC(OC(c4ccccc4)c4ccccc4)CC3)c2=O)CCCC1.Cl. The number of likely N-dealkylation sites (tertiary alicyclic amines) is 1. The molecule has 0 N–H and O–H groups in total. The van der Waals surface area contributed by atoms with Gasteiger partial charge in [0.15, 0.2) is 0 Å². The van der Waals surface area contributed by atoms with Gasteiger partial charge in [-0.25, -0.2) is 14.2 Å². The quantitative estimate of drug-likeness (QED) is 0.145. The number of aromatic nitrogens is 2. The van der Waals surface area contributed by atoms with Gasteiger partial charge in [-0.05, 0) is 68.3 Å². The number of piperidine rings is 1. The van der Waals surface area contributed by atoms with E-state index in [0.717, 1.165) is 58.2 Å². The average molecular weight is 646 g/mol. The van der Waals surface area contributed by atoms with Crippen LogP contribution < -0.4 is 11.2 Å². The van der Waals surface area contributed by atoms with Crippen LogP contribution in [0.25, 0.3) is 10.9 Å². The molecule has 1 aromatic heterocycles. The van der Waals surface area contributed by atoms with E-state index in [-0.39, 0.29) is 24.6 Å². The number of halogens is 1. The number of carbonyl (C=O) groups excluding carboxylic acids is 1. The molecule has 8 nitrogen and oxygen atoms in total. The number of para-hydroxylation sites is 1. The zero-order valence-electron chi connectivity index (χ0n) is 26.5. The summed E-state index contributed by atoms with van der Waals surface area (Å²) in [6.07, 6.45) is 6.18. The number of methoxy groups -OCH3 is 1. The third-order valence-electron chi connectivity index (χ3n) is 9.65. The summed E-state index contributed by atoms with van der Waals surface area (Å²) >= 11 is 0. The number of hydrogen-bond acceptors (Lipinski definition) is 6. The zero-order chi connectivity index (χ0) is 31.2. The zero-order valence-corrected chi connectivity index (χ0v) is 27.3. The highest BCUT2D eigenvalue weighted by Crippen LogP contribution is 2.36. The Balaban J connectivity index is 0.00000417. The van der Waals surface area contributed by atoms with E-state index in [1.54, 1.807) is 16.7 Å². The topological polar surface area (TPSA) is 82.8 Å². The molecule has 3 aromatic carbocycles. The molecule has 244 valence electrons. The van der Waals surface area contributed by atoms with E-state index in [0.29, 0.717) is 30.3 Å². The van der Waals surface area contributed by atoms with Gasteiger partial charge in [0.1, 0.15) is 11.6 Å². The maximum Gasteiger partial charge on any atom is 0.332 e. The Morgan fingerprint density at radius 3 is 2.00 bits per heavy atom. The van der Waals surface area contributed by atoms with E-state index in [1.165, 1.54) is 22.8 Å². The molecule has 2 aliphatic rings. The van der Waals surface area contributed by atoms with Crippen molar-refractivity contribution in [1.29, 1.82) is 0 Å². The van der Waals surface area contributed by atoms with Gasteiger partial charge in [0, 0.05) is 19.6 Å². The monoisotopic (exact) mass is 645 g/mol. The average Bonchev–Trinajstić information content (AvgIpc) is 3.58. The summed E-state index contributed by atoms with van der Waals surface area (Å²) in [5.74, 6) is -0.507. The predicted molar refractivity (Wildman–Crippen MR) is 183 cm³/mol. The fourth-order valence-electron chi connectivity index (χ4n) is 7.26. The van der Waals surface area contributed by atoms with E-state index in [9.17, 15) is 14.4 Å². The van der Waals surface area contributed by atoms with E-state index in [1.807, 2.05) is 24.3 Å². The lowest BCUT2D eigenvalue weighted by atomic mass is 9.97. The molecular weight excluding hydrogens is 602 g/mol. The van der Waals surface area contributed by atoms with Crippen molar-refractivity contribution in [1.82, 2.24) is 14.0 Å². The molecule has 4 aromatic rings. The van der Waals surface area contributed by atoms with Crippen molar-refractivity contribution in [3.8, 4) is 0 Å². The summed E-state index contributed by atoms with van der Waals surface area (Å²) in [5.41, 5.74) is 0.894. The largest absolute Gasteiger partial charge is 0.467 e. The van der Waals surface area contributed by atoms with Crippen LogP contribution in [-0.2, 0) is 26.4 Å². The van der Waals surface area contributed by atoms with Crippen molar-refractivity contribution < 1.29 is 14.3 Å². The summed E-state index contributed by atoms with van der Waals surface area (Å²) in [4.78, 5) is 43.0. The molecule has 1 aliphatic carbocycles. The molecule has 2 fully saturated rings. The number of rotatable bonds is 11. The van der Waals surface area contributed by atoms with Crippen LogP contribution in [0.2, 0.25) is 0 Å². The van der Waals surface area contributed by atoms with Gasteiger partial charge in [-0.3, -0.25) is 9.36 Å². The second-order valence-electron chi connectivity index (χ2n) is 12.4. The number of carbonyl (C=O) groups is 1. The first-order chi connectivity index (χ1) is 22.0. The number of ether oxygens (including phenoxy) is 2. The van der Waals surface area contributed by atoms with Crippen molar-refractivity contribution in [3.05, 3.63) is 117 Å². The highest BCUT2D eigenvalue weighted by molar-refractivity contribution is 5.85. The number of esters is 1. The Labute approximate surface area is 276 Å². The minimum Gasteiger partial charge on any atom is -0.467 e. The molecule has 0 bridgehead atoms. The molecule has 1 saturated carbocycles. The molecule has 0 radical (unpaired) electrons. The van der Waals surface area contributed by atoms with Crippen LogP contribution in [-0.4, -0.2) is 52.9 Å². The molecule has 9 heteroatoms. The molecule has 6 rings (SSSR count). The number of nitrogens with zero attached hydrogens (tertiary/aromatic N) is 3.